The highest BCUT2D eigenvalue weighted by atomic mass is 16.6. The zero-order valence-corrected chi connectivity index (χ0v) is 9.77. The summed E-state index contributed by atoms with van der Waals surface area (Å²) in [7, 11) is 0. The van der Waals surface area contributed by atoms with Crippen LogP contribution in [0.5, 0.6) is 0 Å². The zero-order chi connectivity index (χ0) is 14.4. The molecule has 0 saturated heterocycles. The first-order chi connectivity index (χ1) is 8.97. The summed E-state index contributed by atoms with van der Waals surface area (Å²) in [5, 5.41) is 21.6. The van der Waals surface area contributed by atoms with Gasteiger partial charge in [0.15, 0.2) is 0 Å². The minimum atomic E-state index is -0.711. The highest BCUT2D eigenvalue weighted by Gasteiger charge is 2.24. The maximum Gasteiger partial charge on any atom is 0.330 e. The quantitative estimate of drug-likeness (QED) is 0.335. The van der Waals surface area contributed by atoms with Crippen molar-refractivity contribution in [2.24, 2.45) is 0 Å². The molecule has 0 amide bonds. The van der Waals surface area contributed by atoms with Crippen LogP contribution in [-0.4, -0.2) is 22.4 Å². The van der Waals surface area contributed by atoms with Crippen LogP contribution in [0.2, 0.25) is 0 Å². The van der Waals surface area contributed by atoms with Gasteiger partial charge >= 0.3 is 5.97 Å². The molecule has 0 heterocycles. The molecule has 0 N–H and O–H groups in total. The zero-order valence-electron chi connectivity index (χ0n) is 9.77. The maximum atomic E-state index is 10.8. The summed E-state index contributed by atoms with van der Waals surface area (Å²) < 4.78 is 4.66. The number of ether oxygens (including phenoxy) is 1. The molecule has 1 rings (SSSR count). The normalized spacial score (nSPS) is 9.68. The summed E-state index contributed by atoms with van der Waals surface area (Å²) in [6.07, 6.45) is 0.820. The number of nitrogens with zero attached hydrogens (tertiary/aromatic N) is 2. The largest absolute Gasteiger partial charge is 0.462 e. The number of esters is 1. The number of nitro groups is 2. The lowest BCUT2D eigenvalue weighted by Gasteiger charge is -2.04. The molecule has 0 aliphatic rings. The van der Waals surface area contributed by atoms with Gasteiger partial charge in [-0.25, -0.2) is 4.79 Å². The summed E-state index contributed by atoms with van der Waals surface area (Å²) in [6, 6.07) is 3.56. The molecule has 0 bridgehead atoms. The van der Waals surface area contributed by atoms with Crippen molar-refractivity contribution in [3.8, 4) is 0 Å². The minimum absolute atomic E-state index is 0.0747. The Hall–Kier alpha value is -2.77. The molecule has 0 unspecified atom stereocenters. The van der Waals surface area contributed by atoms with Crippen LogP contribution in [-0.2, 0) is 16.0 Å². The van der Waals surface area contributed by atoms with Crippen LogP contribution < -0.4 is 0 Å². The van der Waals surface area contributed by atoms with Gasteiger partial charge in [-0.15, -0.1) is 0 Å². The molecule has 1 aromatic carbocycles. The minimum Gasteiger partial charge on any atom is -0.462 e. The smallest absolute Gasteiger partial charge is 0.330 e. The van der Waals surface area contributed by atoms with Crippen LogP contribution in [0.4, 0.5) is 11.4 Å². The Labute approximate surface area is 107 Å². The molecular weight excluding hydrogens is 256 g/mol. The van der Waals surface area contributed by atoms with Crippen molar-refractivity contribution in [3.63, 3.8) is 0 Å². The molecule has 0 atom stereocenters. The molecule has 0 saturated carbocycles. The lowest BCUT2D eigenvalue weighted by molar-refractivity contribution is -0.395. The van der Waals surface area contributed by atoms with E-state index in [1.165, 1.54) is 6.07 Å². The van der Waals surface area contributed by atoms with Gasteiger partial charge in [-0.1, -0.05) is 6.58 Å². The Morgan fingerprint density at radius 2 is 1.79 bits per heavy atom. The Kier molecular flexibility index (Phi) is 4.69. The van der Waals surface area contributed by atoms with Gasteiger partial charge in [0.05, 0.1) is 16.5 Å². The van der Waals surface area contributed by atoms with Crippen molar-refractivity contribution in [2.45, 2.75) is 6.42 Å². The Balaban J connectivity index is 3.01. The molecule has 8 nitrogen and oxygen atoms in total. The molecule has 0 fully saturated rings. The highest BCUT2D eigenvalue weighted by molar-refractivity contribution is 5.81. The Morgan fingerprint density at radius 1 is 1.26 bits per heavy atom. The third-order valence-corrected chi connectivity index (χ3v) is 2.28. The molecule has 0 aliphatic carbocycles. The monoisotopic (exact) mass is 266 g/mol. The number of benzene rings is 1. The lowest BCUT2D eigenvalue weighted by atomic mass is 10.1. The van der Waals surface area contributed by atoms with Gasteiger partial charge in [0.2, 0.25) is 0 Å². The van der Waals surface area contributed by atoms with E-state index in [2.05, 4.69) is 11.3 Å². The van der Waals surface area contributed by atoms with E-state index in [0.717, 1.165) is 18.2 Å². The summed E-state index contributed by atoms with van der Waals surface area (Å²) >= 11 is 0. The average Bonchev–Trinajstić information content (AvgIpc) is 2.37. The van der Waals surface area contributed by atoms with Gasteiger partial charge in [0, 0.05) is 24.6 Å². The second-order valence-electron chi connectivity index (χ2n) is 3.41. The van der Waals surface area contributed by atoms with E-state index in [0.29, 0.717) is 0 Å². The third-order valence-electron chi connectivity index (χ3n) is 2.28. The van der Waals surface area contributed by atoms with Gasteiger partial charge in [-0.3, -0.25) is 20.2 Å². The molecule has 19 heavy (non-hydrogen) atoms. The fraction of sp³-hybridized carbons (Fsp3) is 0.182. The summed E-state index contributed by atoms with van der Waals surface area (Å²) in [5.74, 6) is -0.693. The van der Waals surface area contributed by atoms with Gasteiger partial charge in [0.25, 0.3) is 11.4 Å². The predicted octanol–water partition coefficient (Wildman–Crippen LogP) is 1.77. The van der Waals surface area contributed by atoms with Crippen molar-refractivity contribution < 1.29 is 19.4 Å². The van der Waals surface area contributed by atoms with Crippen LogP contribution in [0.25, 0.3) is 0 Å². The van der Waals surface area contributed by atoms with Crippen LogP contribution in [0.3, 0.4) is 0 Å². The van der Waals surface area contributed by atoms with E-state index in [4.69, 9.17) is 0 Å². The predicted molar refractivity (Wildman–Crippen MR) is 64.6 cm³/mol. The fourth-order valence-corrected chi connectivity index (χ4v) is 1.47. The first kappa shape index (κ1) is 14.3. The van der Waals surface area contributed by atoms with E-state index in [1.807, 2.05) is 0 Å². The number of hydrogen-bond acceptors (Lipinski definition) is 6. The second-order valence-corrected chi connectivity index (χ2v) is 3.41. The van der Waals surface area contributed by atoms with Gasteiger partial charge in [0.1, 0.15) is 5.56 Å². The van der Waals surface area contributed by atoms with Gasteiger partial charge in [-0.05, 0) is 6.07 Å². The fourth-order valence-electron chi connectivity index (χ4n) is 1.47. The number of nitro benzene ring substituents is 2. The molecule has 8 heteroatoms. The number of carbonyl (C=O) groups excluding carboxylic acids is 1. The van der Waals surface area contributed by atoms with Crippen LogP contribution in [0.15, 0.2) is 30.9 Å². The van der Waals surface area contributed by atoms with E-state index >= 15 is 0 Å². The van der Waals surface area contributed by atoms with Crippen molar-refractivity contribution in [1.29, 1.82) is 0 Å². The Bertz CT molecular complexity index is 508. The van der Waals surface area contributed by atoms with Crippen molar-refractivity contribution in [3.05, 3.63) is 56.6 Å². The molecular formula is C11H10N2O6. The van der Waals surface area contributed by atoms with E-state index in [9.17, 15) is 25.0 Å². The molecule has 1 aromatic rings. The van der Waals surface area contributed by atoms with E-state index in [1.54, 1.807) is 0 Å². The first-order valence-electron chi connectivity index (χ1n) is 5.17. The van der Waals surface area contributed by atoms with Gasteiger partial charge < -0.3 is 4.74 Å². The highest BCUT2D eigenvalue weighted by Crippen LogP contribution is 2.28. The summed E-state index contributed by atoms with van der Waals surface area (Å²) in [6.45, 7) is 2.99. The molecule has 100 valence electrons. The van der Waals surface area contributed by atoms with Crippen LogP contribution >= 0.6 is 0 Å². The summed E-state index contributed by atoms with van der Waals surface area (Å²) in [5.41, 5.74) is -0.818. The van der Waals surface area contributed by atoms with Crippen LogP contribution in [0, 0.1) is 20.2 Å². The van der Waals surface area contributed by atoms with Crippen molar-refractivity contribution in [2.75, 3.05) is 6.61 Å². The van der Waals surface area contributed by atoms with E-state index < -0.39 is 15.8 Å². The molecule has 0 aliphatic heterocycles. The van der Waals surface area contributed by atoms with Gasteiger partial charge in [-0.2, -0.15) is 0 Å². The number of hydrogen-bond donors (Lipinski definition) is 0. The topological polar surface area (TPSA) is 113 Å². The van der Waals surface area contributed by atoms with E-state index in [-0.39, 0.29) is 30.0 Å². The standard InChI is InChI=1S/C11H10N2O6/c1-2-11(14)19-7-6-8-9(12(15)16)4-3-5-10(8)13(17)18/h2-5H,1,6-7H2. The average molecular weight is 266 g/mol. The second kappa shape index (κ2) is 6.24. The molecule has 0 spiro atoms. The summed E-state index contributed by atoms with van der Waals surface area (Å²) in [4.78, 5) is 31.0. The Morgan fingerprint density at radius 3 is 2.21 bits per heavy atom. The van der Waals surface area contributed by atoms with Crippen molar-refractivity contribution in [1.82, 2.24) is 0 Å². The molecule has 0 radical (unpaired) electrons. The third kappa shape index (κ3) is 3.60. The SMILES string of the molecule is C=CC(=O)OCCc1c([N+](=O)[O-])cccc1[N+](=O)[O-]. The molecule has 0 aromatic heterocycles. The lowest BCUT2D eigenvalue weighted by Crippen LogP contribution is -2.08. The first-order valence-corrected chi connectivity index (χ1v) is 5.17. The number of carbonyl (C=O) groups is 1. The van der Waals surface area contributed by atoms with Crippen LogP contribution in [0.1, 0.15) is 5.56 Å². The maximum absolute atomic E-state index is 10.8. The number of rotatable bonds is 6. The van der Waals surface area contributed by atoms with Crippen molar-refractivity contribution >= 4 is 17.3 Å².